The van der Waals surface area contributed by atoms with Crippen LogP contribution >= 0.6 is 0 Å². The zero-order chi connectivity index (χ0) is 14.9. The Morgan fingerprint density at radius 3 is 2.65 bits per heavy atom. The van der Waals surface area contributed by atoms with E-state index in [2.05, 4.69) is 9.82 Å². The predicted octanol–water partition coefficient (Wildman–Crippen LogP) is 1.99. The van der Waals surface area contributed by atoms with Gasteiger partial charge in [-0.2, -0.15) is 5.10 Å². The summed E-state index contributed by atoms with van der Waals surface area (Å²) in [5.41, 5.74) is 5.41. The van der Waals surface area contributed by atoms with Crippen LogP contribution in [0.3, 0.4) is 0 Å². The minimum absolute atomic E-state index is 0.00624. The first-order valence-electron chi connectivity index (χ1n) is 5.92. The number of halogens is 1. The second-order valence-electron chi connectivity index (χ2n) is 4.54. The zero-order valence-electron chi connectivity index (χ0n) is 11.0. The third-order valence-corrected chi connectivity index (χ3v) is 4.09. The van der Waals surface area contributed by atoms with Crippen LogP contribution in [0.25, 0.3) is 0 Å². The summed E-state index contributed by atoms with van der Waals surface area (Å²) >= 11 is 0. The molecule has 3 N–H and O–H groups in total. The Hall–Kier alpha value is -2.09. The minimum Gasteiger partial charge on any atom is -0.398 e. The molecule has 2 rings (SSSR count). The van der Waals surface area contributed by atoms with Crippen molar-refractivity contribution in [3.05, 3.63) is 36.3 Å². The second kappa shape index (κ2) is 5.12. The lowest BCUT2D eigenvalue weighted by Gasteiger charge is -2.14. The molecular weight excluding hydrogens is 283 g/mol. The molecule has 6 nitrogen and oxygen atoms in total. The summed E-state index contributed by atoms with van der Waals surface area (Å²) in [5, 5.41) is 4.03. The first-order chi connectivity index (χ1) is 9.31. The van der Waals surface area contributed by atoms with Crippen molar-refractivity contribution in [3.63, 3.8) is 0 Å². The molecule has 20 heavy (non-hydrogen) atoms. The van der Waals surface area contributed by atoms with Gasteiger partial charge in [-0.1, -0.05) is 0 Å². The van der Waals surface area contributed by atoms with Gasteiger partial charge in [-0.25, -0.2) is 17.5 Å². The van der Waals surface area contributed by atoms with Crippen LogP contribution in [0.5, 0.6) is 0 Å². The average Bonchev–Trinajstić information content (AvgIpc) is 2.75. The average molecular weight is 298 g/mol. The monoisotopic (exact) mass is 298 g/mol. The molecule has 8 heteroatoms. The molecule has 0 amide bonds. The smallest absolute Gasteiger partial charge is 0.265 e. The summed E-state index contributed by atoms with van der Waals surface area (Å²) in [6, 6.07) is 4.67. The van der Waals surface area contributed by atoms with Gasteiger partial charge in [-0.15, -0.1) is 0 Å². The summed E-state index contributed by atoms with van der Waals surface area (Å²) in [6.45, 7) is 3.74. The SMILES string of the molecule is CC(C)n1nccc1NS(=O)(=O)c1ccc(F)cc1N. The summed E-state index contributed by atoms with van der Waals surface area (Å²) in [5.74, 6) is -0.266. The van der Waals surface area contributed by atoms with E-state index in [4.69, 9.17) is 5.73 Å². The molecule has 0 saturated carbocycles. The van der Waals surface area contributed by atoms with Crippen LogP contribution in [0.4, 0.5) is 15.9 Å². The number of sulfonamides is 1. The summed E-state index contributed by atoms with van der Waals surface area (Å²) in [7, 11) is -3.89. The molecule has 0 spiro atoms. The maximum absolute atomic E-state index is 13.0. The fourth-order valence-corrected chi connectivity index (χ4v) is 2.93. The van der Waals surface area contributed by atoms with E-state index >= 15 is 0 Å². The Labute approximate surface area is 116 Å². The van der Waals surface area contributed by atoms with E-state index in [-0.39, 0.29) is 16.6 Å². The van der Waals surface area contributed by atoms with Crippen LogP contribution in [0.15, 0.2) is 35.4 Å². The summed E-state index contributed by atoms with van der Waals surface area (Å²) in [4.78, 5) is -0.171. The molecular formula is C12H15FN4O2S. The Kier molecular flexibility index (Phi) is 3.67. The number of nitrogens with zero attached hydrogens (tertiary/aromatic N) is 2. The standard InChI is InChI=1S/C12H15FN4O2S/c1-8(2)17-12(5-6-15-17)16-20(18,19)11-4-3-9(13)7-10(11)14/h3-8,16H,14H2,1-2H3. The van der Waals surface area contributed by atoms with E-state index in [1.165, 1.54) is 16.9 Å². The van der Waals surface area contributed by atoms with Gasteiger partial charge in [0.05, 0.1) is 11.9 Å². The molecule has 2 aromatic rings. The van der Waals surface area contributed by atoms with Crippen LogP contribution in [0, 0.1) is 5.82 Å². The highest BCUT2D eigenvalue weighted by molar-refractivity contribution is 7.92. The highest BCUT2D eigenvalue weighted by Gasteiger charge is 2.20. The van der Waals surface area contributed by atoms with Gasteiger partial charge < -0.3 is 5.73 Å². The van der Waals surface area contributed by atoms with Crippen molar-refractivity contribution >= 4 is 21.5 Å². The Morgan fingerprint density at radius 2 is 2.05 bits per heavy atom. The van der Waals surface area contributed by atoms with Crippen LogP contribution in [0.1, 0.15) is 19.9 Å². The van der Waals surface area contributed by atoms with Crippen LogP contribution in [-0.2, 0) is 10.0 Å². The van der Waals surface area contributed by atoms with Gasteiger partial charge in [0.15, 0.2) is 0 Å². The quantitative estimate of drug-likeness (QED) is 0.845. The zero-order valence-corrected chi connectivity index (χ0v) is 11.9. The normalized spacial score (nSPS) is 11.8. The van der Waals surface area contributed by atoms with E-state index in [1.807, 2.05) is 13.8 Å². The molecule has 1 aromatic heterocycles. The van der Waals surface area contributed by atoms with Crippen molar-refractivity contribution < 1.29 is 12.8 Å². The maximum atomic E-state index is 13.0. The van der Waals surface area contributed by atoms with E-state index < -0.39 is 15.8 Å². The lowest BCUT2D eigenvalue weighted by molar-refractivity contribution is 0.539. The second-order valence-corrected chi connectivity index (χ2v) is 6.19. The van der Waals surface area contributed by atoms with Crippen molar-refractivity contribution in [1.82, 2.24) is 9.78 Å². The van der Waals surface area contributed by atoms with Gasteiger partial charge in [0.1, 0.15) is 16.5 Å². The van der Waals surface area contributed by atoms with Crippen molar-refractivity contribution in [2.75, 3.05) is 10.5 Å². The van der Waals surface area contributed by atoms with Crippen LogP contribution < -0.4 is 10.5 Å². The molecule has 1 heterocycles. The number of hydrogen-bond donors (Lipinski definition) is 2. The number of nitrogen functional groups attached to an aromatic ring is 1. The molecule has 0 aliphatic heterocycles. The third-order valence-electron chi connectivity index (χ3n) is 2.66. The first kappa shape index (κ1) is 14.3. The number of nitrogens with two attached hydrogens (primary N) is 1. The molecule has 1 aromatic carbocycles. The van der Waals surface area contributed by atoms with Crippen molar-refractivity contribution in [3.8, 4) is 0 Å². The van der Waals surface area contributed by atoms with Crippen LogP contribution in [-0.4, -0.2) is 18.2 Å². The molecule has 0 fully saturated rings. The minimum atomic E-state index is -3.89. The van der Waals surface area contributed by atoms with Crippen molar-refractivity contribution in [2.24, 2.45) is 0 Å². The maximum Gasteiger partial charge on any atom is 0.265 e. The number of hydrogen-bond acceptors (Lipinski definition) is 4. The fraction of sp³-hybridized carbons (Fsp3) is 0.250. The lowest BCUT2D eigenvalue weighted by atomic mass is 10.3. The van der Waals surface area contributed by atoms with Gasteiger partial charge in [0.25, 0.3) is 10.0 Å². The van der Waals surface area contributed by atoms with Crippen LogP contribution in [0.2, 0.25) is 0 Å². The summed E-state index contributed by atoms with van der Waals surface area (Å²) < 4.78 is 41.4. The molecule has 0 unspecified atom stereocenters. The topological polar surface area (TPSA) is 90.0 Å². The number of aromatic nitrogens is 2. The third kappa shape index (κ3) is 2.74. The van der Waals surface area contributed by atoms with Crippen molar-refractivity contribution in [1.29, 1.82) is 0 Å². The molecule has 0 aliphatic carbocycles. The molecule has 0 saturated heterocycles. The Bertz CT molecular complexity index is 725. The molecule has 0 atom stereocenters. The van der Waals surface area contributed by atoms with E-state index in [9.17, 15) is 12.8 Å². The largest absolute Gasteiger partial charge is 0.398 e. The van der Waals surface area contributed by atoms with Gasteiger partial charge in [0.2, 0.25) is 0 Å². The number of nitrogens with one attached hydrogen (secondary N) is 1. The van der Waals surface area contributed by atoms with Gasteiger partial charge in [-0.05, 0) is 32.0 Å². The highest BCUT2D eigenvalue weighted by atomic mass is 32.2. The number of rotatable bonds is 4. The molecule has 0 aliphatic rings. The Morgan fingerprint density at radius 1 is 1.35 bits per heavy atom. The van der Waals surface area contributed by atoms with Gasteiger partial charge in [-0.3, -0.25) is 4.72 Å². The van der Waals surface area contributed by atoms with Crippen molar-refractivity contribution in [2.45, 2.75) is 24.8 Å². The predicted molar refractivity (Wildman–Crippen MR) is 74.2 cm³/mol. The fourth-order valence-electron chi connectivity index (χ4n) is 1.76. The van der Waals surface area contributed by atoms with E-state index in [0.29, 0.717) is 5.82 Å². The number of anilines is 2. The van der Waals surface area contributed by atoms with E-state index in [1.54, 1.807) is 0 Å². The highest BCUT2D eigenvalue weighted by Crippen LogP contribution is 2.23. The Balaban J connectivity index is 2.38. The summed E-state index contributed by atoms with van der Waals surface area (Å²) in [6.07, 6.45) is 1.49. The number of benzene rings is 1. The molecule has 0 radical (unpaired) electrons. The van der Waals surface area contributed by atoms with Gasteiger partial charge >= 0.3 is 0 Å². The van der Waals surface area contributed by atoms with E-state index in [0.717, 1.165) is 18.2 Å². The molecule has 108 valence electrons. The lowest BCUT2D eigenvalue weighted by Crippen LogP contribution is -2.18. The first-order valence-corrected chi connectivity index (χ1v) is 7.41. The molecule has 0 bridgehead atoms. The van der Waals surface area contributed by atoms with Gasteiger partial charge in [0, 0.05) is 12.1 Å².